The topological polar surface area (TPSA) is 69.9 Å². The molecule has 0 aliphatic heterocycles. The minimum atomic E-state index is -0.497. The lowest BCUT2D eigenvalue weighted by Crippen LogP contribution is -1.96. The summed E-state index contributed by atoms with van der Waals surface area (Å²) in [5.41, 5.74) is 6.59. The van der Waals surface area contributed by atoms with Crippen molar-refractivity contribution in [2.75, 3.05) is 5.73 Å². The number of anilines is 1. The summed E-state index contributed by atoms with van der Waals surface area (Å²) in [6.07, 6.45) is 3.35. The van der Waals surface area contributed by atoms with Gasteiger partial charge < -0.3 is 14.8 Å². The van der Waals surface area contributed by atoms with E-state index in [1.807, 2.05) is 0 Å². The zero-order valence-corrected chi connectivity index (χ0v) is 11.2. The van der Waals surface area contributed by atoms with Crippen LogP contribution in [-0.2, 0) is 7.05 Å². The Kier molecular flexibility index (Phi) is 2.94. The second-order valence-corrected chi connectivity index (χ2v) is 4.64. The number of hydrogen-bond donors (Lipinski definition) is 1. The van der Waals surface area contributed by atoms with Crippen molar-refractivity contribution in [3.05, 3.63) is 41.4 Å². The Balaban J connectivity index is 2.31. The average Bonchev–Trinajstić information content (AvgIpc) is 2.97. The molecular weight excluding hydrogens is 283 g/mol. The van der Waals surface area contributed by atoms with Gasteiger partial charge in [-0.2, -0.15) is 0 Å². The molecule has 0 saturated heterocycles. The van der Waals surface area contributed by atoms with Gasteiger partial charge in [0.05, 0.1) is 10.6 Å². The third kappa shape index (κ3) is 1.85. The molecule has 0 aliphatic rings. The van der Waals surface area contributed by atoms with E-state index >= 15 is 0 Å². The van der Waals surface area contributed by atoms with Crippen LogP contribution >= 0.6 is 11.6 Å². The molecule has 0 amide bonds. The van der Waals surface area contributed by atoms with Crippen LogP contribution in [0.25, 0.3) is 22.6 Å². The van der Waals surface area contributed by atoms with Gasteiger partial charge in [0.25, 0.3) is 0 Å². The highest BCUT2D eigenvalue weighted by atomic mass is 35.5. The summed E-state index contributed by atoms with van der Waals surface area (Å²) in [5, 5.41) is 4.10. The van der Waals surface area contributed by atoms with Crippen LogP contribution in [0.3, 0.4) is 0 Å². The van der Waals surface area contributed by atoms with E-state index in [9.17, 15) is 4.39 Å². The van der Waals surface area contributed by atoms with Gasteiger partial charge in [-0.1, -0.05) is 22.8 Å². The van der Waals surface area contributed by atoms with Gasteiger partial charge in [-0.25, -0.2) is 9.37 Å². The number of benzene rings is 1. The molecule has 0 saturated carbocycles. The van der Waals surface area contributed by atoms with Crippen LogP contribution in [0.4, 0.5) is 10.3 Å². The molecule has 2 N–H and O–H groups in total. The van der Waals surface area contributed by atoms with Gasteiger partial charge in [0.15, 0.2) is 11.5 Å². The van der Waals surface area contributed by atoms with Gasteiger partial charge in [-0.15, -0.1) is 0 Å². The zero-order chi connectivity index (χ0) is 14.3. The number of nitrogens with zero attached hydrogens (tertiary/aromatic N) is 3. The summed E-state index contributed by atoms with van der Waals surface area (Å²) < 4.78 is 20.8. The van der Waals surface area contributed by atoms with E-state index in [-0.39, 0.29) is 16.5 Å². The maximum atomic E-state index is 14.1. The number of nitrogens with two attached hydrogens (primary N) is 1. The molecule has 2 aromatic heterocycles. The quantitative estimate of drug-likeness (QED) is 0.788. The number of imidazole rings is 1. The Morgan fingerprint density at radius 3 is 2.80 bits per heavy atom. The predicted octanol–water partition coefficient (Wildman–Crippen LogP) is 3.12. The van der Waals surface area contributed by atoms with Crippen molar-refractivity contribution in [2.24, 2.45) is 7.05 Å². The van der Waals surface area contributed by atoms with Gasteiger partial charge in [0, 0.05) is 25.0 Å². The number of rotatable bonds is 2. The molecule has 3 rings (SSSR count). The maximum Gasteiger partial charge on any atom is 0.230 e. The number of aryl methyl sites for hydroxylation is 1. The third-order valence-corrected chi connectivity index (χ3v) is 3.28. The minimum absolute atomic E-state index is 0.00463. The fraction of sp³-hybridized carbons (Fsp3) is 0.0769. The Bertz CT molecular complexity index is 760. The van der Waals surface area contributed by atoms with Crippen LogP contribution in [0.2, 0.25) is 5.02 Å². The second kappa shape index (κ2) is 4.64. The molecule has 0 radical (unpaired) electrons. The molecule has 0 bridgehead atoms. The Labute approximate surface area is 118 Å². The molecule has 102 valence electrons. The van der Waals surface area contributed by atoms with Crippen molar-refractivity contribution in [3.8, 4) is 22.6 Å². The van der Waals surface area contributed by atoms with Crippen molar-refractivity contribution in [1.29, 1.82) is 0 Å². The smallest absolute Gasteiger partial charge is 0.230 e. The molecule has 20 heavy (non-hydrogen) atoms. The first-order valence-corrected chi connectivity index (χ1v) is 6.14. The fourth-order valence-electron chi connectivity index (χ4n) is 2.03. The molecule has 0 unspecified atom stereocenters. The first kappa shape index (κ1) is 12.7. The van der Waals surface area contributed by atoms with Crippen molar-refractivity contribution in [1.82, 2.24) is 14.7 Å². The summed E-state index contributed by atoms with van der Waals surface area (Å²) in [6.45, 7) is 0. The molecule has 1 aromatic carbocycles. The van der Waals surface area contributed by atoms with Gasteiger partial charge in [-0.05, 0) is 12.1 Å². The van der Waals surface area contributed by atoms with Crippen LogP contribution in [0, 0.1) is 5.82 Å². The molecule has 2 heterocycles. The Morgan fingerprint density at radius 1 is 1.35 bits per heavy atom. The highest BCUT2D eigenvalue weighted by Gasteiger charge is 2.24. The van der Waals surface area contributed by atoms with Crippen molar-refractivity contribution in [3.63, 3.8) is 0 Å². The molecular formula is C13H10ClFN4O. The predicted molar refractivity (Wildman–Crippen MR) is 73.5 cm³/mol. The first-order chi connectivity index (χ1) is 9.59. The van der Waals surface area contributed by atoms with Crippen LogP contribution in [0.5, 0.6) is 0 Å². The fourth-order valence-corrected chi connectivity index (χ4v) is 2.28. The van der Waals surface area contributed by atoms with Gasteiger partial charge in [0.2, 0.25) is 5.88 Å². The summed E-state index contributed by atoms with van der Waals surface area (Å²) in [5.74, 6) is 0.0117. The molecule has 0 spiro atoms. The number of aromatic nitrogens is 3. The Morgan fingerprint density at radius 2 is 2.15 bits per heavy atom. The summed E-state index contributed by atoms with van der Waals surface area (Å²) >= 11 is 6.07. The van der Waals surface area contributed by atoms with Crippen LogP contribution in [-0.4, -0.2) is 14.7 Å². The van der Waals surface area contributed by atoms with Crippen LogP contribution in [0.1, 0.15) is 0 Å². The average molecular weight is 293 g/mol. The zero-order valence-electron chi connectivity index (χ0n) is 10.5. The highest BCUT2D eigenvalue weighted by Crippen LogP contribution is 2.40. The first-order valence-electron chi connectivity index (χ1n) is 5.77. The second-order valence-electron chi connectivity index (χ2n) is 4.23. The van der Waals surface area contributed by atoms with Gasteiger partial charge in [-0.3, -0.25) is 0 Å². The highest BCUT2D eigenvalue weighted by molar-refractivity contribution is 6.33. The lowest BCUT2D eigenvalue weighted by atomic mass is 10.0. The van der Waals surface area contributed by atoms with Crippen LogP contribution < -0.4 is 5.73 Å². The van der Waals surface area contributed by atoms with E-state index in [1.165, 1.54) is 12.1 Å². The van der Waals surface area contributed by atoms with Gasteiger partial charge >= 0.3 is 0 Å². The number of hydrogen-bond acceptors (Lipinski definition) is 4. The van der Waals surface area contributed by atoms with E-state index in [0.717, 1.165) is 0 Å². The minimum Gasteiger partial charge on any atom is -0.367 e. The monoisotopic (exact) mass is 292 g/mol. The summed E-state index contributed by atoms with van der Waals surface area (Å²) in [4.78, 5) is 4.16. The van der Waals surface area contributed by atoms with Crippen molar-refractivity contribution >= 4 is 17.5 Å². The van der Waals surface area contributed by atoms with E-state index in [2.05, 4.69) is 10.1 Å². The summed E-state index contributed by atoms with van der Waals surface area (Å²) in [7, 11) is 1.79. The van der Waals surface area contributed by atoms with E-state index in [1.54, 1.807) is 30.1 Å². The van der Waals surface area contributed by atoms with E-state index in [0.29, 0.717) is 17.1 Å². The molecule has 3 aromatic rings. The molecule has 0 atom stereocenters. The number of halogens is 2. The molecule has 0 fully saturated rings. The largest absolute Gasteiger partial charge is 0.367 e. The van der Waals surface area contributed by atoms with Crippen LogP contribution in [0.15, 0.2) is 35.1 Å². The van der Waals surface area contributed by atoms with Crippen molar-refractivity contribution < 1.29 is 8.91 Å². The Hall–Kier alpha value is -2.34. The summed E-state index contributed by atoms with van der Waals surface area (Å²) in [6, 6.07) is 4.40. The lowest BCUT2D eigenvalue weighted by Gasteiger charge is -2.06. The number of nitrogen functional groups attached to an aromatic ring is 1. The van der Waals surface area contributed by atoms with E-state index < -0.39 is 5.82 Å². The molecule has 7 heteroatoms. The molecule has 5 nitrogen and oxygen atoms in total. The third-order valence-electron chi connectivity index (χ3n) is 2.96. The standard InChI is InChI=1S/C13H10ClFN4O/c1-19-6-5-17-13(19)11-10(12(16)20-18-11)9-7(14)3-2-4-8(9)15/h2-6H,16H2,1H3. The normalized spacial score (nSPS) is 10.9. The van der Waals surface area contributed by atoms with Crippen molar-refractivity contribution in [2.45, 2.75) is 0 Å². The SMILES string of the molecule is Cn1ccnc1-c1noc(N)c1-c1c(F)cccc1Cl. The van der Waals surface area contributed by atoms with E-state index in [4.69, 9.17) is 21.9 Å². The van der Waals surface area contributed by atoms with Gasteiger partial charge in [0.1, 0.15) is 5.82 Å². The lowest BCUT2D eigenvalue weighted by molar-refractivity contribution is 0.438. The molecule has 0 aliphatic carbocycles. The maximum absolute atomic E-state index is 14.1.